The number of aromatic nitrogens is 2. The zero-order valence-corrected chi connectivity index (χ0v) is 17.9. The van der Waals surface area contributed by atoms with E-state index in [1.165, 1.54) is 11.3 Å². The number of carbonyl (C=O) groups excluding carboxylic acids is 1. The van der Waals surface area contributed by atoms with Crippen molar-refractivity contribution in [3.63, 3.8) is 0 Å². The number of benzene rings is 1. The number of carbonyl (C=O) groups is 1. The lowest BCUT2D eigenvalue weighted by atomic mass is 10.1. The summed E-state index contributed by atoms with van der Waals surface area (Å²) in [5, 5.41) is 4.70. The molecule has 1 aromatic carbocycles. The first-order valence-electron chi connectivity index (χ1n) is 9.43. The number of amides is 1. The molecule has 0 radical (unpaired) electrons. The monoisotopic (exact) mass is 450 g/mol. The van der Waals surface area contributed by atoms with Crippen LogP contribution in [0.15, 0.2) is 24.3 Å². The van der Waals surface area contributed by atoms with Gasteiger partial charge in [-0.1, -0.05) is 23.2 Å². The van der Waals surface area contributed by atoms with Crippen LogP contribution in [0.5, 0.6) is 0 Å². The van der Waals surface area contributed by atoms with E-state index in [1.54, 1.807) is 24.3 Å². The second-order valence-electron chi connectivity index (χ2n) is 6.92. The predicted octanol–water partition coefficient (Wildman–Crippen LogP) is 4.94. The molecule has 1 aliphatic heterocycles. The zero-order chi connectivity index (χ0) is 20.4. The number of rotatable bonds is 6. The van der Waals surface area contributed by atoms with Gasteiger partial charge in [0.1, 0.15) is 4.83 Å². The van der Waals surface area contributed by atoms with Crippen LogP contribution in [0.25, 0.3) is 21.5 Å². The van der Waals surface area contributed by atoms with E-state index in [4.69, 9.17) is 33.7 Å². The molecule has 6 nitrogen and oxygen atoms in total. The van der Waals surface area contributed by atoms with Crippen molar-refractivity contribution in [2.75, 3.05) is 18.9 Å². The molecule has 3 N–H and O–H groups in total. The van der Waals surface area contributed by atoms with Gasteiger partial charge in [-0.3, -0.25) is 4.79 Å². The number of anilines is 1. The van der Waals surface area contributed by atoms with Crippen molar-refractivity contribution in [2.45, 2.75) is 31.8 Å². The number of nitrogens with zero attached hydrogens (tertiary/aromatic N) is 2. The third-order valence-corrected chi connectivity index (χ3v) is 6.41. The van der Waals surface area contributed by atoms with E-state index in [-0.39, 0.29) is 11.9 Å². The smallest absolute Gasteiger partial charge is 0.261 e. The van der Waals surface area contributed by atoms with Crippen LogP contribution in [0, 0.1) is 0 Å². The maximum atomic E-state index is 12.6. The Morgan fingerprint density at radius 3 is 2.93 bits per heavy atom. The van der Waals surface area contributed by atoms with Gasteiger partial charge in [0.2, 0.25) is 5.95 Å². The van der Waals surface area contributed by atoms with Gasteiger partial charge in [-0.25, -0.2) is 9.97 Å². The molecule has 1 amide bonds. The largest absolute Gasteiger partial charge is 0.378 e. The summed E-state index contributed by atoms with van der Waals surface area (Å²) >= 11 is 13.6. The SMILES string of the molecule is Nc1nc(-c2ccc(Cl)cc2Cl)c2cc(C(=O)NCCCC3CCCO3)sc2n1. The van der Waals surface area contributed by atoms with Gasteiger partial charge in [-0.05, 0) is 49.9 Å². The molecule has 3 heterocycles. The lowest BCUT2D eigenvalue weighted by Gasteiger charge is -2.09. The van der Waals surface area contributed by atoms with E-state index >= 15 is 0 Å². The molecule has 3 aromatic rings. The molecule has 0 spiro atoms. The summed E-state index contributed by atoms with van der Waals surface area (Å²) in [7, 11) is 0. The van der Waals surface area contributed by atoms with Gasteiger partial charge in [0.15, 0.2) is 0 Å². The maximum absolute atomic E-state index is 12.6. The van der Waals surface area contributed by atoms with Crippen LogP contribution in [-0.2, 0) is 4.74 Å². The quantitative estimate of drug-likeness (QED) is 0.519. The Morgan fingerprint density at radius 1 is 1.31 bits per heavy atom. The van der Waals surface area contributed by atoms with Crippen LogP contribution in [0.1, 0.15) is 35.4 Å². The highest BCUT2D eigenvalue weighted by Crippen LogP contribution is 2.36. The molecular weight excluding hydrogens is 431 g/mol. The van der Waals surface area contributed by atoms with Crippen molar-refractivity contribution in [1.82, 2.24) is 15.3 Å². The van der Waals surface area contributed by atoms with Gasteiger partial charge in [-0.15, -0.1) is 11.3 Å². The van der Waals surface area contributed by atoms with E-state index < -0.39 is 0 Å². The summed E-state index contributed by atoms with van der Waals surface area (Å²) < 4.78 is 5.61. The van der Waals surface area contributed by atoms with Crippen molar-refractivity contribution in [3.05, 3.63) is 39.2 Å². The summed E-state index contributed by atoms with van der Waals surface area (Å²) in [6, 6.07) is 6.96. The summed E-state index contributed by atoms with van der Waals surface area (Å²) in [5.41, 5.74) is 7.17. The Kier molecular flexibility index (Phi) is 6.20. The lowest BCUT2D eigenvalue weighted by molar-refractivity contribution is 0.0932. The van der Waals surface area contributed by atoms with Crippen LogP contribution in [0.2, 0.25) is 10.0 Å². The summed E-state index contributed by atoms with van der Waals surface area (Å²) in [6.07, 6.45) is 4.43. The van der Waals surface area contributed by atoms with E-state index in [0.29, 0.717) is 43.7 Å². The fourth-order valence-electron chi connectivity index (χ4n) is 3.43. The topological polar surface area (TPSA) is 90.1 Å². The lowest BCUT2D eigenvalue weighted by Crippen LogP contribution is -2.24. The molecular formula is C20H20Cl2N4O2S. The number of nitrogen functional groups attached to an aromatic ring is 1. The molecule has 1 saturated heterocycles. The Morgan fingerprint density at radius 2 is 2.17 bits per heavy atom. The molecule has 9 heteroatoms. The van der Waals surface area contributed by atoms with Gasteiger partial charge in [-0.2, -0.15) is 0 Å². The van der Waals surface area contributed by atoms with Crippen molar-refractivity contribution in [3.8, 4) is 11.3 Å². The molecule has 0 aliphatic carbocycles. The van der Waals surface area contributed by atoms with Crippen LogP contribution in [0.3, 0.4) is 0 Å². The van der Waals surface area contributed by atoms with Crippen LogP contribution >= 0.6 is 34.5 Å². The number of fused-ring (bicyclic) bond motifs is 1. The second-order valence-corrected chi connectivity index (χ2v) is 8.79. The average Bonchev–Trinajstić information content (AvgIpc) is 3.34. The van der Waals surface area contributed by atoms with Crippen molar-refractivity contribution in [1.29, 1.82) is 0 Å². The highest BCUT2D eigenvalue weighted by molar-refractivity contribution is 7.20. The number of nitrogens with one attached hydrogen (secondary N) is 1. The minimum atomic E-state index is -0.132. The van der Waals surface area contributed by atoms with Crippen LogP contribution in [-0.4, -0.2) is 35.1 Å². The number of ether oxygens (including phenoxy) is 1. The van der Waals surface area contributed by atoms with Crippen molar-refractivity contribution >= 4 is 56.6 Å². The van der Waals surface area contributed by atoms with Gasteiger partial charge >= 0.3 is 0 Å². The first kappa shape index (κ1) is 20.3. The van der Waals surface area contributed by atoms with Crippen molar-refractivity contribution in [2.24, 2.45) is 0 Å². The number of hydrogen-bond acceptors (Lipinski definition) is 6. The van der Waals surface area contributed by atoms with Gasteiger partial charge < -0.3 is 15.8 Å². The summed E-state index contributed by atoms with van der Waals surface area (Å²) in [5.74, 6) is -0.00375. The first-order valence-corrected chi connectivity index (χ1v) is 11.0. The third-order valence-electron chi connectivity index (χ3n) is 4.83. The molecule has 29 heavy (non-hydrogen) atoms. The third kappa shape index (κ3) is 4.64. The normalized spacial score (nSPS) is 16.4. The summed E-state index contributed by atoms with van der Waals surface area (Å²) in [6.45, 7) is 1.46. The van der Waals surface area contributed by atoms with E-state index in [1.807, 2.05) is 0 Å². The standard InChI is InChI=1S/C20H20Cl2N4O2S/c21-11-5-6-13(15(22)9-11)17-14-10-16(29-19(14)26-20(23)25-17)18(27)24-7-1-3-12-4-2-8-28-12/h5-6,9-10,12H,1-4,7-8H2,(H,24,27)(H2,23,25,26). The molecule has 0 bridgehead atoms. The number of thiophene rings is 1. The second kappa shape index (κ2) is 8.83. The maximum Gasteiger partial charge on any atom is 0.261 e. The van der Waals surface area contributed by atoms with Gasteiger partial charge in [0.05, 0.1) is 21.7 Å². The molecule has 0 saturated carbocycles. The molecule has 1 fully saturated rings. The average molecular weight is 451 g/mol. The van der Waals surface area contributed by atoms with Crippen LogP contribution in [0.4, 0.5) is 5.95 Å². The Hall–Kier alpha value is -1.93. The van der Waals surface area contributed by atoms with Gasteiger partial charge in [0, 0.05) is 29.1 Å². The van der Waals surface area contributed by atoms with Crippen LogP contribution < -0.4 is 11.1 Å². The highest BCUT2D eigenvalue weighted by atomic mass is 35.5. The number of nitrogens with two attached hydrogens (primary N) is 1. The molecule has 2 aromatic heterocycles. The minimum Gasteiger partial charge on any atom is -0.378 e. The first-order chi connectivity index (χ1) is 14.0. The molecule has 1 atom stereocenters. The Bertz CT molecular complexity index is 1050. The van der Waals surface area contributed by atoms with E-state index in [0.717, 1.165) is 37.7 Å². The number of halogens is 2. The highest BCUT2D eigenvalue weighted by Gasteiger charge is 2.18. The number of hydrogen-bond donors (Lipinski definition) is 2. The summed E-state index contributed by atoms with van der Waals surface area (Å²) in [4.78, 5) is 22.4. The fourth-order valence-corrected chi connectivity index (χ4v) is 4.88. The zero-order valence-electron chi connectivity index (χ0n) is 15.6. The fraction of sp³-hybridized carbons (Fsp3) is 0.350. The molecule has 1 unspecified atom stereocenters. The van der Waals surface area contributed by atoms with Gasteiger partial charge in [0.25, 0.3) is 5.91 Å². The molecule has 1 aliphatic rings. The van der Waals surface area contributed by atoms with Crippen molar-refractivity contribution < 1.29 is 9.53 Å². The molecule has 4 rings (SSSR count). The van der Waals surface area contributed by atoms with E-state index in [2.05, 4.69) is 15.3 Å². The predicted molar refractivity (Wildman–Crippen MR) is 118 cm³/mol. The Labute approximate surface area is 182 Å². The minimum absolute atomic E-state index is 0.129. The molecule has 152 valence electrons. The Balaban J connectivity index is 1.53. The van der Waals surface area contributed by atoms with E-state index in [9.17, 15) is 4.79 Å².